The van der Waals surface area contributed by atoms with Gasteiger partial charge in [0.05, 0.1) is 0 Å². The Morgan fingerprint density at radius 3 is 2.84 bits per heavy atom. The van der Waals surface area contributed by atoms with Gasteiger partial charge >= 0.3 is 0 Å². The summed E-state index contributed by atoms with van der Waals surface area (Å²) in [4.78, 5) is 4.36. The lowest BCUT2D eigenvalue weighted by Crippen LogP contribution is -2.15. The van der Waals surface area contributed by atoms with Crippen LogP contribution in [0.2, 0.25) is 0 Å². The maximum Gasteiger partial charge on any atom is 0.110 e. The zero-order chi connectivity index (χ0) is 13.7. The molecule has 0 amide bonds. The topological polar surface area (TPSA) is 34.8 Å². The van der Waals surface area contributed by atoms with E-state index in [0.717, 1.165) is 18.8 Å². The summed E-state index contributed by atoms with van der Waals surface area (Å²) in [5.74, 6) is 1.13. The summed E-state index contributed by atoms with van der Waals surface area (Å²) in [5.41, 5.74) is 1.38. The molecule has 0 spiro atoms. The van der Waals surface area contributed by atoms with Crippen molar-refractivity contribution in [1.82, 2.24) is 19.4 Å². The maximum absolute atomic E-state index is 4.36. The lowest BCUT2D eigenvalue weighted by Gasteiger charge is -2.13. The number of nitrogens with one attached hydrogen (secondary N) is 1. The summed E-state index contributed by atoms with van der Waals surface area (Å²) in [7, 11) is 4.08. The quantitative estimate of drug-likeness (QED) is 0.830. The van der Waals surface area contributed by atoms with Crippen molar-refractivity contribution >= 4 is 0 Å². The van der Waals surface area contributed by atoms with Gasteiger partial charge in [0.15, 0.2) is 0 Å². The zero-order valence-electron chi connectivity index (χ0n) is 12.1. The molecule has 2 heterocycles. The normalized spacial score (nSPS) is 12.8. The van der Waals surface area contributed by atoms with Crippen LogP contribution in [0, 0.1) is 0 Å². The Bertz CT molecular complexity index is 498. The number of hydrogen-bond acceptors (Lipinski definition) is 2. The highest BCUT2D eigenvalue weighted by Crippen LogP contribution is 2.18. The van der Waals surface area contributed by atoms with Crippen molar-refractivity contribution in [3.8, 4) is 0 Å². The molecule has 0 saturated carbocycles. The standard InChI is InChI=1S/C15H24N4/c1-4-5-14(16-2)13-6-9-19(12-13)10-7-15-17-8-11-18(15)3/h6,8-9,11-12,14,16H,4-5,7,10H2,1-3H3. The van der Waals surface area contributed by atoms with E-state index < -0.39 is 0 Å². The van der Waals surface area contributed by atoms with Crippen LogP contribution in [-0.4, -0.2) is 21.2 Å². The SMILES string of the molecule is CCCC(NC)c1ccn(CCc2nccn2C)c1. The Morgan fingerprint density at radius 1 is 1.37 bits per heavy atom. The van der Waals surface area contributed by atoms with Crippen LogP contribution in [0.4, 0.5) is 0 Å². The molecule has 0 fully saturated rings. The largest absolute Gasteiger partial charge is 0.353 e. The summed E-state index contributed by atoms with van der Waals surface area (Å²) >= 11 is 0. The Balaban J connectivity index is 1.95. The van der Waals surface area contributed by atoms with E-state index in [4.69, 9.17) is 0 Å². The minimum absolute atomic E-state index is 0.472. The molecule has 0 bridgehead atoms. The van der Waals surface area contributed by atoms with E-state index in [0.29, 0.717) is 6.04 Å². The summed E-state index contributed by atoms with van der Waals surface area (Å²) < 4.78 is 4.34. The number of aryl methyl sites for hydroxylation is 3. The molecule has 0 radical (unpaired) electrons. The van der Waals surface area contributed by atoms with Gasteiger partial charge in [-0.25, -0.2) is 4.98 Å². The molecule has 19 heavy (non-hydrogen) atoms. The smallest absolute Gasteiger partial charge is 0.110 e. The molecule has 0 aromatic carbocycles. The second kappa shape index (κ2) is 6.57. The fourth-order valence-electron chi connectivity index (χ4n) is 2.44. The average molecular weight is 260 g/mol. The van der Waals surface area contributed by atoms with Gasteiger partial charge in [-0.2, -0.15) is 0 Å². The van der Waals surface area contributed by atoms with Crippen LogP contribution in [-0.2, 0) is 20.0 Å². The van der Waals surface area contributed by atoms with Gasteiger partial charge < -0.3 is 14.5 Å². The number of imidazole rings is 1. The zero-order valence-corrected chi connectivity index (χ0v) is 12.1. The molecule has 1 unspecified atom stereocenters. The molecule has 2 aromatic rings. The highest BCUT2D eigenvalue weighted by Gasteiger charge is 2.09. The van der Waals surface area contributed by atoms with Gasteiger partial charge in [-0.15, -0.1) is 0 Å². The van der Waals surface area contributed by atoms with Crippen LogP contribution < -0.4 is 5.32 Å². The van der Waals surface area contributed by atoms with Crippen LogP contribution in [0.25, 0.3) is 0 Å². The molecule has 1 N–H and O–H groups in total. The first-order chi connectivity index (χ1) is 9.24. The molecule has 2 aromatic heterocycles. The van der Waals surface area contributed by atoms with E-state index in [-0.39, 0.29) is 0 Å². The van der Waals surface area contributed by atoms with Gasteiger partial charge in [-0.3, -0.25) is 0 Å². The van der Waals surface area contributed by atoms with Crippen molar-refractivity contribution < 1.29 is 0 Å². The van der Waals surface area contributed by atoms with Crippen LogP contribution in [0.1, 0.15) is 37.2 Å². The minimum Gasteiger partial charge on any atom is -0.353 e. The van der Waals surface area contributed by atoms with Gasteiger partial charge in [-0.05, 0) is 25.1 Å². The Labute approximate surface area is 115 Å². The van der Waals surface area contributed by atoms with Crippen molar-refractivity contribution in [3.63, 3.8) is 0 Å². The van der Waals surface area contributed by atoms with Crippen LogP contribution in [0.5, 0.6) is 0 Å². The summed E-state index contributed by atoms with van der Waals surface area (Å²) in [6.45, 7) is 3.20. The molecule has 0 saturated heterocycles. The molecule has 4 nitrogen and oxygen atoms in total. The molecule has 0 aliphatic carbocycles. The van der Waals surface area contributed by atoms with Crippen LogP contribution in [0.15, 0.2) is 30.9 Å². The van der Waals surface area contributed by atoms with E-state index in [1.54, 1.807) is 0 Å². The van der Waals surface area contributed by atoms with Gasteiger partial charge in [0.25, 0.3) is 0 Å². The second-order valence-electron chi connectivity index (χ2n) is 5.02. The number of nitrogens with zero attached hydrogens (tertiary/aromatic N) is 3. The van der Waals surface area contributed by atoms with Crippen molar-refractivity contribution in [1.29, 1.82) is 0 Å². The van der Waals surface area contributed by atoms with E-state index in [2.05, 4.69) is 44.8 Å². The monoisotopic (exact) mass is 260 g/mol. The van der Waals surface area contributed by atoms with E-state index >= 15 is 0 Å². The van der Waals surface area contributed by atoms with Crippen LogP contribution in [0.3, 0.4) is 0 Å². The third-order valence-electron chi connectivity index (χ3n) is 3.62. The molecule has 1 atom stereocenters. The number of hydrogen-bond donors (Lipinski definition) is 1. The number of aromatic nitrogens is 3. The van der Waals surface area contributed by atoms with Gasteiger partial charge in [0.1, 0.15) is 5.82 Å². The van der Waals surface area contributed by atoms with Gasteiger partial charge in [-0.1, -0.05) is 13.3 Å². The first kappa shape index (κ1) is 13.9. The third-order valence-corrected chi connectivity index (χ3v) is 3.62. The molecule has 104 valence electrons. The molecule has 0 aliphatic heterocycles. The molecule has 0 aliphatic rings. The highest BCUT2D eigenvalue weighted by molar-refractivity contribution is 5.15. The van der Waals surface area contributed by atoms with E-state index in [9.17, 15) is 0 Å². The molecule has 4 heteroatoms. The third kappa shape index (κ3) is 3.47. The molecule has 2 rings (SSSR count). The van der Waals surface area contributed by atoms with Crippen LogP contribution >= 0.6 is 0 Å². The van der Waals surface area contributed by atoms with Crippen molar-refractivity contribution in [2.24, 2.45) is 7.05 Å². The fourth-order valence-corrected chi connectivity index (χ4v) is 2.44. The van der Waals surface area contributed by atoms with Crippen molar-refractivity contribution in [3.05, 3.63) is 42.2 Å². The van der Waals surface area contributed by atoms with Gasteiger partial charge in [0, 0.05) is 50.8 Å². The predicted molar refractivity (Wildman–Crippen MR) is 78.1 cm³/mol. The maximum atomic E-state index is 4.36. The van der Waals surface area contributed by atoms with Gasteiger partial charge in [0.2, 0.25) is 0 Å². The van der Waals surface area contributed by atoms with Crippen molar-refractivity contribution in [2.75, 3.05) is 7.05 Å². The lowest BCUT2D eigenvalue weighted by molar-refractivity contribution is 0.539. The second-order valence-corrected chi connectivity index (χ2v) is 5.02. The van der Waals surface area contributed by atoms with E-state index in [1.807, 2.05) is 26.5 Å². The lowest BCUT2D eigenvalue weighted by atomic mass is 10.1. The predicted octanol–water partition coefficient (Wildman–Crippen LogP) is 2.52. The Morgan fingerprint density at radius 2 is 2.21 bits per heavy atom. The molecular weight excluding hydrogens is 236 g/mol. The summed E-state index contributed by atoms with van der Waals surface area (Å²) in [5, 5.41) is 3.38. The average Bonchev–Trinajstić information content (AvgIpc) is 3.02. The highest BCUT2D eigenvalue weighted by atomic mass is 15.0. The molecular formula is C15H24N4. The fraction of sp³-hybridized carbons (Fsp3) is 0.533. The minimum atomic E-state index is 0.472. The van der Waals surface area contributed by atoms with E-state index in [1.165, 1.54) is 18.4 Å². The van der Waals surface area contributed by atoms with Crippen molar-refractivity contribution in [2.45, 2.75) is 38.8 Å². The Hall–Kier alpha value is -1.55. The summed E-state index contributed by atoms with van der Waals surface area (Å²) in [6, 6.07) is 2.69. The number of rotatable bonds is 7. The summed E-state index contributed by atoms with van der Waals surface area (Å²) in [6.07, 6.45) is 11.6. The Kier molecular flexibility index (Phi) is 4.80. The first-order valence-electron chi connectivity index (χ1n) is 7.03. The first-order valence-corrected chi connectivity index (χ1v) is 7.03.